The van der Waals surface area contributed by atoms with Crippen molar-refractivity contribution in [1.82, 2.24) is 0 Å². The number of para-hydroxylation sites is 2. The molecule has 10 aromatic carbocycles. The average molecular weight is 780 g/mol. The Morgan fingerprint density at radius 2 is 0.803 bits per heavy atom. The molecule has 0 bridgehead atoms. The van der Waals surface area contributed by atoms with Gasteiger partial charge in [-0.3, -0.25) is 0 Å². The molecule has 0 fully saturated rings. The van der Waals surface area contributed by atoms with Gasteiger partial charge in [0.25, 0.3) is 0 Å². The zero-order chi connectivity index (χ0) is 40.3. The number of hydrogen-bond acceptors (Lipinski definition) is 3. The fourth-order valence-electron chi connectivity index (χ4n) is 9.05. The summed E-state index contributed by atoms with van der Waals surface area (Å²) in [5, 5.41) is 6.98. The highest BCUT2D eigenvalue weighted by Gasteiger charge is 2.17. The van der Waals surface area contributed by atoms with Gasteiger partial charge in [-0.15, -0.1) is 0 Å². The molecule has 12 rings (SSSR count). The number of nitrogens with zero attached hydrogens (tertiary/aromatic N) is 1. The number of furan rings is 2. The van der Waals surface area contributed by atoms with Gasteiger partial charge in [0.1, 0.15) is 22.3 Å². The molecule has 286 valence electrons. The summed E-state index contributed by atoms with van der Waals surface area (Å²) in [5.41, 5.74) is 16.0. The molecule has 0 unspecified atom stereocenters. The summed E-state index contributed by atoms with van der Waals surface area (Å²) in [6, 6.07) is 79.9. The van der Waals surface area contributed by atoms with Gasteiger partial charge in [-0.25, -0.2) is 0 Å². The van der Waals surface area contributed by atoms with Crippen LogP contribution in [-0.2, 0) is 0 Å². The lowest BCUT2D eigenvalue weighted by Gasteiger charge is -2.26. The molecule has 0 spiro atoms. The first-order chi connectivity index (χ1) is 30.2. The molecule has 0 saturated carbocycles. The van der Waals surface area contributed by atoms with Crippen LogP contribution in [0.2, 0.25) is 0 Å². The summed E-state index contributed by atoms with van der Waals surface area (Å²) in [6.45, 7) is 0. The van der Waals surface area contributed by atoms with Crippen molar-refractivity contribution in [2.24, 2.45) is 0 Å². The Balaban J connectivity index is 0.926. The van der Waals surface area contributed by atoms with E-state index in [-0.39, 0.29) is 0 Å². The van der Waals surface area contributed by atoms with Gasteiger partial charge in [0, 0.05) is 44.2 Å². The predicted molar refractivity (Wildman–Crippen MR) is 255 cm³/mol. The number of fused-ring (bicyclic) bond motifs is 7. The van der Waals surface area contributed by atoms with Crippen molar-refractivity contribution in [3.8, 4) is 44.5 Å². The molecule has 3 nitrogen and oxygen atoms in total. The fourth-order valence-corrected chi connectivity index (χ4v) is 9.05. The molecule has 0 radical (unpaired) electrons. The Labute approximate surface area is 353 Å². The summed E-state index contributed by atoms with van der Waals surface area (Å²) in [5.74, 6) is 0. The van der Waals surface area contributed by atoms with Gasteiger partial charge in [-0.1, -0.05) is 158 Å². The number of anilines is 3. The lowest BCUT2D eigenvalue weighted by atomic mass is 9.98. The van der Waals surface area contributed by atoms with E-state index in [2.05, 4.69) is 211 Å². The quantitative estimate of drug-likeness (QED) is 0.161. The van der Waals surface area contributed by atoms with Crippen LogP contribution in [0.4, 0.5) is 17.1 Å². The van der Waals surface area contributed by atoms with Crippen LogP contribution in [0.25, 0.3) is 99.2 Å². The average Bonchev–Trinajstić information content (AvgIpc) is 3.91. The van der Waals surface area contributed by atoms with Gasteiger partial charge in [0.05, 0.1) is 0 Å². The van der Waals surface area contributed by atoms with E-state index in [4.69, 9.17) is 8.83 Å². The monoisotopic (exact) mass is 779 g/mol. The first kappa shape index (κ1) is 34.9. The van der Waals surface area contributed by atoms with Crippen LogP contribution in [0.5, 0.6) is 0 Å². The SMILES string of the molecule is c1ccc(-c2cccc3c2oc2ccc(-c4ccc(N(c5ccc(-c6ccc7ccccc7c6)cc5)c5ccc(-c6cccc7oc8ccccc8c67)cc5)cc4)cc23)cc1. The molecule has 12 aromatic rings. The van der Waals surface area contributed by atoms with Crippen molar-refractivity contribution in [3.63, 3.8) is 0 Å². The van der Waals surface area contributed by atoms with Gasteiger partial charge in [-0.2, -0.15) is 0 Å². The molecule has 0 amide bonds. The fraction of sp³-hybridized carbons (Fsp3) is 0. The van der Waals surface area contributed by atoms with Crippen molar-refractivity contribution < 1.29 is 8.83 Å². The van der Waals surface area contributed by atoms with Gasteiger partial charge >= 0.3 is 0 Å². The summed E-state index contributed by atoms with van der Waals surface area (Å²) in [4.78, 5) is 2.34. The molecular weight excluding hydrogens is 743 g/mol. The van der Waals surface area contributed by atoms with Crippen LogP contribution in [0.3, 0.4) is 0 Å². The molecule has 0 saturated heterocycles. The first-order valence-corrected chi connectivity index (χ1v) is 20.7. The highest BCUT2D eigenvalue weighted by Crippen LogP contribution is 2.42. The summed E-state index contributed by atoms with van der Waals surface area (Å²) < 4.78 is 12.7. The normalized spacial score (nSPS) is 11.6. The van der Waals surface area contributed by atoms with E-state index in [0.717, 1.165) is 94.3 Å². The minimum atomic E-state index is 0.887. The highest BCUT2D eigenvalue weighted by atomic mass is 16.3. The molecule has 0 aliphatic heterocycles. The number of rotatable bonds is 7. The second-order valence-electron chi connectivity index (χ2n) is 15.7. The lowest BCUT2D eigenvalue weighted by Crippen LogP contribution is -2.09. The Bertz CT molecular complexity index is 3560. The Hall–Kier alpha value is -8.14. The third kappa shape index (κ3) is 6.06. The predicted octanol–water partition coefficient (Wildman–Crippen LogP) is 16.8. The summed E-state index contributed by atoms with van der Waals surface area (Å²) in [6.07, 6.45) is 0. The van der Waals surface area contributed by atoms with Crippen molar-refractivity contribution in [1.29, 1.82) is 0 Å². The van der Waals surface area contributed by atoms with Crippen molar-refractivity contribution in [3.05, 3.63) is 224 Å². The molecule has 0 aliphatic rings. The van der Waals surface area contributed by atoms with Crippen LogP contribution in [0.1, 0.15) is 0 Å². The molecular formula is C58H37NO2. The standard InChI is InChI=1S/C58H37NO2/c1-2-11-41(12-3-1)50-16-8-17-51-53-37-45(28-35-55(53)61-58(50)51)40-24-31-47(32-25-40)59(46-29-22-39(23-30-46)44-21-20-38-10-4-5-13-43(38)36-44)48-33-26-42(27-34-48)49-15-9-19-56-57(49)52-14-6-7-18-54(52)60-56/h1-37H. The zero-order valence-corrected chi connectivity index (χ0v) is 33.1. The van der Waals surface area contributed by atoms with Crippen molar-refractivity contribution >= 4 is 71.7 Å². The van der Waals surface area contributed by atoms with Crippen LogP contribution in [0.15, 0.2) is 233 Å². The van der Waals surface area contributed by atoms with Crippen molar-refractivity contribution in [2.45, 2.75) is 0 Å². The summed E-state index contributed by atoms with van der Waals surface area (Å²) in [7, 11) is 0. The Morgan fingerprint density at radius 1 is 0.279 bits per heavy atom. The third-order valence-electron chi connectivity index (χ3n) is 12.1. The lowest BCUT2D eigenvalue weighted by molar-refractivity contribution is 0.669. The van der Waals surface area contributed by atoms with Crippen LogP contribution in [0, 0.1) is 0 Å². The van der Waals surface area contributed by atoms with E-state index in [9.17, 15) is 0 Å². The molecule has 0 atom stereocenters. The van der Waals surface area contributed by atoms with Crippen LogP contribution in [-0.4, -0.2) is 0 Å². The second-order valence-corrected chi connectivity index (χ2v) is 15.7. The van der Waals surface area contributed by atoms with Crippen LogP contribution < -0.4 is 4.90 Å². The van der Waals surface area contributed by atoms with E-state index < -0.39 is 0 Å². The Kier molecular flexibility index (Phi) is 8.17. The third-order valence-corrected chi connectivity index (χ3v) is 12.1. The van der Waals surface area contributed by atoms with Gasteiger partial charge in [0.15, 0.2) is 0 Å². The molecule has 2 heterocycles. The van der Waals surface area contributed by atoms with E-state index >= 15 is 0 Å². The van der Waals surface area contributed by atoms with E-state index in [1.807, 2.05) is 18.2 Å². The van der Waals surface area contributed by atoms with E-state index in [1.54, 1.807) is 0 Å². The maximum atomic E-state index is 6.49. The Morgan fingerprint density at radius 3 is 1.56 bits per heavy atom. The number of benzene rings is 10. The van der Waals surface area contributed by atoms with Gasteiger partial charge in [-0.05, 0) is 116 Å². The molecule has 3 heteroatoms. The number of hydrogen-bond donors (Lipinski definition) is 0. The van der Waals surface area contributed by atoms with E-state index in [0.29, 0.717) is 0 Å². The minimum absolute atomic E-state index is 0.887. The molecule has 61 heavy (non-hydrogen) atoms. The maximum absolute atomic E-state index is 6.49. The maximum Gasteiger partial charge on any atom is 0.143 e. The van der Waals surface area contributed by atoms with Crippen molar-refractivity contribution in [2.75, 3.05) is 4.90 Å². The molecule has 0 aliphatic carbocycles. The smallest absolute Gasteiger partial charge is 0.143 e. The highest BCUT2D eigenvalue weighted by molar-refractivity contribution is 6.13. The molecule has 2 aromatic heterocycles. The second kappa shape index (κ2) is 14.3. The first-order valence-electron chi connectivity index (χ1n) is 20.7. The summed E-state index contributed by atoms with van der Waals surface area (Å²) >= 11 is 0. The largest absolute Gasteiger partial charge is 0.456 e. The van der Waals surface area contributed by atoms with Gasteiger partial charge in [0.2, 0.25) is 0 Å². The topological polar surface area (TPSA) is 29.5 Å². The molecule has 0 N–H and O–H groups in total. The van der Waals surface area contributed by atoms with Gasteiger partial charge < -0.3 is 13.7 Å². The minimum Gasteiger partial charge on any atom is -0.456 e. The van der Waals surface area contributed by atoms with E-state index in [1.165, 1.54) is 21.9 Å². The zero-order valence-electron chi connectivity index (χ0n) is 33.1. The van der Waals surface area contributed by atoms with Crippen LogP contribution >= 0.6 is 0 Å².